The van der Waals surface area contributed by atoms with Crippen molar-refractivity contribution in [2.45, 2.75) is 45.3 Å². The van der Waals surface area contributed by atoms with Gasteiger partial charge in [-0.3, -0.25) is 4.79 Å². The molecule has 1 heterocycles. The first kappa shape index (κ1) is 17.9. The van der Waals surface area contributed by atoms with E-state index < -0.39 is 0 Å². The third-order valence-electron chi connectivity index (χ3n) is 4.55. The summed E-state index contributed by atoms with van der Waals surface area (Å²) in [5.41, 5.74) is 2.29. The van der Waals surface area contributed by atoms with Crippen LogP contribution in [0.15, 0.2) is 42.6 Å². The van der Waals surface area contributed by atoms with E-state index in [1.807, 2.05) is 24.3 Å². The van der Waals surface area contributed by atoms with Crippen molar-refractivity contribution in [2.75, 3.05) is 5.32 Å². The van der Waals surface area contributed by atoms with E-state index >= 15 is 0 Å². The molecule has 0 bridgehead atoms. The monoisotopic (exact) mass is 358 g/mol. The van der Waals surface area contributed by atoms with Gasteiger partial charge in [-0.05, 0) is 48.6 Å². The van der Waals surface area contributed by atoms with Crippen LogP contribution in [-0.2, 0) is 11.3 Å². The molecule has 1 aliphatic rings. The SMILES string of the molecule is CC1CCCC(OCc2cccc(NC(=O)c3ccnc(Cl)c3)c2)C1. The van der Waals surface area contributed by atoms with E-state index in [0.717, 1.165) is 30.0 Å². The summed E-state index contributed by atoms with van der Waals surface area (Å²) in [5.74, 6) is 0.542. The van der Waals surface area contributed by atoms with Crippen molar-refractivity contribution in [3.8, 4) is 0 Å². The molecule has 4 nitrogen and oxygen atoms in total. The minimum absolute atomic E-state index is 0.205. The Kier molecular flexibility index (Phi) is 6.05. The lowest BCUT2D eigenvalue weighted by molar-refractivity contribution is 0.00468. The van der Waals surface area contributed by atoms with Crippen molar-refractivity contribution in [1.29, 1.82) is 0 Å². The third kappa shape index (κ3) is 5.28. The molecule has 0 aliphatic heterocycles. The van der Waals surface area contributed by atoms with Crippen molar-refractivity contribution in [3.05, 3.63) is 58.9 Å². The Morgan fingerprint density at radius 2 is 2.20 bits per heavy atom. The fraction of sp³-hybridized carbons (Fsp3) is 0.400. The maximum Gasteiger partial charge on any atom is 0.255 e. The molecule has 1 aromatic heterocycles. The van der Waals surface area contributed by atoms with Gasteiger partial charge in [0.05, 0.1) is 12.7 Å². The smallest absolute Gasteiger partial charge is 0.255 e. The van der Waals surface area contributed by atoms with Crippen molar-refractivity contribution >= 4 is 23.2 Å². The van der Waals surface area contributed by atoms with Gasteiger partial charge in [-0.1, -0.05) is 43.5 Å². The van der Waals surface area contributed by atoms with Gasteiger partial charge in [0.15, 0.2) is 0 Å². The van der Waals surface area contributed by atoms with Gasteiger partial charge in [-0.2, -0.15) is 0 Å². The second-order valence-corrected chi connectivity index (χ2v) is 7.11. The number of halogens is 1. The van der Waals surface area contributed by atoms with E-state index in [4.69, 9.17) is 16.3 Å². The topological polar surface area (TPSA) is 51.2 Å². The Morgan fingerprint density at radius 1 is 1.32 bits per heavy atom. The minimum atomic E-state index is -0.205. The number of amides is 1. The predicted molar refractivity (Wildman–Crippen MR) is 99.9 cm³/mol. The van der Waals surface area contributed by atoms with Crippen LogP contribution >= 0.6 is 11.6 Å². The second-order valence-electron chi connectivity index (χ2n) is 6.73. The zero-order chi connectivity index (χ0) is 17.6. The number of nitrogens with zero attached hydrogens (tertiary/aromatic N) is 1. The molecule has 1 aromatic carbocycles. The van der Waals surface area contributed by atoms with Crippen molar-refractivity contribution in [2.24, 2.45) is 5.92 Å². The standard InChI is InChI=1S/C20H23ClN2O2/c1-14-4-2-7-18(10-14)25-13-15-5-3-6-17(11-15)23-20(24)16-8-9-22-19(21)12-16/h3,5-6,8-9,11-12,14,18H,2,4,7,10,13H2,1H3,(H,23,24). The zero-order valence-corrected chi connectivity index (χ0v) is 15.1. The summed E-state index contributed by atoms with van der Waals surface area (Å²) in [6.07, 6.45) is 6.70. The third-order valence-corrected chi connectivity index (χ3v) is 4.75. The zero-order valence-electron chi connectivity index (χ0n) is 14.4. The van der Waals surface area contributed by atoms with Crippen LogP contribution in [0.1, 0.15) is 48.5 Å². The highest BCUT2D eigenvalue weighted by molar-refractivity contribution is 6.29. The Morgan fingerprint density at radius 3 is 3.00 bits per heavy atom. The highest BCUT2D eigenvalue weighted by Crippen LogP contribution is 2.26. The molecule has 0 spiro atoms. The molecule has 0 radical (unpaired) electrons. The summed E-state index contributed by atoms with van der Waals surface area (Å²) >= 11 is 5.83. The molecule has 132 valence electrons. The Balaban J connectivity index is 1.58. The Bertz CT molecular complexity index is 735. The first-order valence-electron chi connectivity index (χ1n) is 8.73. The molecule has 2 aromatic rings. The number of hydrogen-bond donors (Lipinski definition) is 1. The number of hydrogen-bond acceptors (Lipinski definition) is 3. The highest BCUT2D eigenvalue weighted by Gasteiger charge is 2.19. The van der Waals surface area contributed by atoms with E-state index in [9.17, 15) is 4.79 Å². The number of carbonyl (C=O) groups excluding carboxylic acids is 1. The van der Waals surface area contributed by atoms with Crippen molar-refractivity contribution in [1.82, 2.24) is 4.98 Å². The number of aromatic nitrogens is 1. The lowest BCUT2D eigenvalue weighted by Crippen LogP contribution is -2.21. The van der Waals surface area contributed by atoms with Crippen LogP contribution in [0, 0.1) is 5.92 Å². The molecule has 1 fully saturated rings. The number of nitrogens with one attached hydrogen (secondary N) is 1. The average molecular weight is 359 g/mol. The first-order chi connectivity index (χ1) is 12.1. The highest BCUT2D eigenvalue weighted by atomic mass is 35.5. The second kappa shape index (κ2) is 8.45. The maximum atomic E-state index is 12.3. The van der Waals surface area contributed by atoms with E-state index in [-0.39, 0.29) is 5.91 Å². The van der Waals surface area contributed by atoms with Crippen LogP contribution < -0.4 is 5.32 Å². The van der Waals surface area contributed by atoms with Gasteiger partial charge in [-0.25, -0.2) is 4.98 Å². The normalized spacial score (nSPS) is 20.2. The van der Waals surface area contributed by atoms with Crippen LogP contribution in [0.25, 0.3) is 0 Å². The van der Waals surface area contributed by atoms with Gasteiger partial charge >= 0.3 is 0 Å². The summed E-state index contributed by atoms with van der Waals surface area (Å²) in [5, 5.41) is 3.19. The Labute approximate surface area is 153 Å². The lowest BCUT2D eigenvalue weighted by Gasteiger charge is -2.26. The average Bonchev–Trinajstić information content (AvgIpc) is 2.60. The van der Waals surface area contributed by atoms with E-state index in [0.29, 0.717) is 23.4 Å². The molecule has 1 N–H and O–H groups in total. The maximum absolute atomic E-state index is 12.3. The Hall–Kier alpha value is -1.91. The molecular formula is C20H23ClN2O2. The molecule has 2 unspecified atom stereocenters. The molecule has 0 saturated heterocycles. The fourth-order valence-corrected chi connectivity index (χ4v) is 3.40. The van der Waals surface area contributed by atoms with E-state index in [1.165, 1.54) is 19.0 Å². The van der Waals surface area contributed by atoms with Gasteiger partial charge in [0.1, 0.15) is 5.15 Å². The van der Waals surface area contributed by atoms with Crippen LogP contribution in [0.4, 0.5) is 5.69 Å². The quantitative estimate of drug-likeness (QED) is 0.758. The first-order valence-corrected chi connectivity index (χ1v) is 9.11. The van der Waals surface area contributed by atoms with E-state index in [2.05, 4.69) is 17.2 Å². The fourth-order valence-electron chi connectivity index (χ4n) is 3.23. The van der Waals surface area contributed by atoms with E-state index in [1.54, 1.807) is 12.1 Å². The lowest BCUT2D eigenvalue weighted by atomic mass is 9.89. The number of rotatable bonds is 5. The summed E-state index contributed by atoms with van der Waals surface area (Å²) in [6, 6.07) is 11.0. The van der Waals surface area contributed by atoms with Gasteiger partial charge in [0, 0.05) is 17.4 Å². The van der Waals surface area contributed by atoms with Crippen molar-refractivity contribution in [3.63, 3.8) is 0 Å². The molecule has 1 aliphatic carbocycles. The number of ether oxygens (including phenoxy) is 1. The van der Waals surface area contributed by atoms with Crippen LogP contribution in [-0.4, -0.2) is 17.0 Å². The number of benzene rings is 1. The molecule has 3 rings (SSSR count). The van der Waals surface area contributed by atoms with Crippen LogP contribution in [0.2, 0.25) is 5.15 Å². The number of carbonyl (C=O) groups is 1. The number of pyridine rings is 1. The summed E-state index contributed by atoms with van der Waals surface area (Å²) < 4.78 is 6.06. The molecular weight excluding hydrogens is 336 g/mol. The number of anilines is 1. The van der Waals surface area contributed by atoms with Gasteiger partial charge in [0.2, 0.25) is 0 Å². The molecule has 25 heavy (non-hydrogen) atoms. The van der Waals surface area contributed by atoms with Gasteiger partial charge in [0.25, 0.3) is 5.91 Å². The summed E-state index contributed by atoms with van der Waals surface area (Å²) in [7, 11) is 0. The summed E-state index contributed by atoms with van der Waals surface area (Å²) in [4.78, 5) is 16.2. The molecule has 2 atom stereocenters. The predicted octanol–water partition coefficient (Wildman–Crippen LogP) is 5.08. The van der Waals surface area contributed by atoms with Crippen molar-refractivity contribution < 1.29 is 9.53 Å². The largest absolute Gasteiger partial charge is 0.374 e. The van der Waals surface area contributed by atoms with Gasteiger partial charge < -0.3 is 10.1 Å². The molecule has 1 saturated carbocycles. The minimum Gasteiger partial charge on any atom is -0.374 e. The van der Waals surface area contributed by atoms with Gasteiger partial charge in [-0.15, -0.1) is 0 Å². The summed E-state index contributed by atoms with van der Waals surface area (Å²) in [6.45, 7) is 2.86. The van der Waals surface area contributed by atoms with Crippen LogP contribution in [0.5, 0.6) is 0 Å². The molecule has 5 heteroatoms. The molecule has 1 amide bonds. The van der Waals surface area contributed by atoms with Crippen LogP contribution in [0.3, 0.4) is 0 Å².